The lowest BCUT2D eigenvalue weighted by molar-refractivity contribution is -0.128. The molecule has 104 valence electrons. The molecule has 0 bridgehead atoms. The van der Waals surface area contributed by atoms with E-state index in [1.165, 1.54) is 23.3 Å². The third-order valence-corrected chi connectivity index (χ3v) is 4.63. The highest BCUT2D eigenvalue weighted by molar-refractivity contribution is 8.00. The number of thioether (sulfide) groups is 1. The molecule has 0 heterocycles. The van der Waals surface area contributed by atoms with Gasteiger partial charge < -0.3 is 4.90 Å². The van der Waals surface area contributed by atoms with Gasteiger partial charge in [0.15, 0.2) is 0 Å². The van der Waals surface area contributed by atoms with Crippen molar-refractivity contribution < 1.29 is 4.79 Å². The van der Waals surface area contributed by atoms with Crippen molar-refractivity contribution in [2.45, 2.75) is 38.0 Å². The number of hydrogen-bond donors (Lipinski definition) is 0. The van der Waals surface area contributed by atoms with Crippen LogP contribution in [0.3, 0.4) is 0 Å². The molecule has 1 amide bonds. The van der Waals surface area contributed by atoms with Crippen LogP contribution in [0.4, 0.5) is 0 Å². The van der Waals surface area contributed by atoms with Crippen LogP contribution in [0.5, 0.6) is 0 Å². The number of carbonyl (C=O) groups is 1. The standard InChI is InChI=1S/C16H23NOS/c1-3-10-17(11-14-8-9-14)16(18)12-19-15-7-5-4-6-13(15)2/h4-7,14H,3,8-12H2,1-2H3. The van der Waals surface area contributed by atoms with Crippen LogP contribution < -0.4 is 0 Å². The van der Waals surface area contributed by atoms with Gasteiger partial charge in [0.1, 0.15) is 0 Å². The van der Waals surface area contributed by atoms with Gasteiger partial charge in [0.25, 0.3) is 0 Å². The van der Waals surface area contributed by atoms with E-state index in [9.17, 15) is 4.79 Å². The zero-order chi connectivity index (χ0) is 13.7. The first-order chi connectivity index (χ1) is 9.20. The lowest BCUT2D eigenvalue weighted by Gasteiger charge is -2.22. The van der Waals surface area contributed by atoms with Crippen LogP contribution in [0, 0.1) is 12.8 Å². The van der Waals surface area contributed by atoms with E-state index in [1.807, 2.05) is 12.1 Å². The van der Waals surface area contributed by atoms with Crippen LogP contribution in [0.15, 0.2) is 29.2 Å². The summed E-state index contributed by atoms with van der Waals surface area (Å²) in [7, 11) is 0. The Morgan fingerprint density at radius 3 is 2.74 bits per heavy atom. The molecule has 0 N–H and O–H groups in total. The van der Waals surface area contributed by atoms with E-state index >= 15 is 0 Å². The Bertz CT molecular complexity index is 429. The molecule has 0 saturated heterocycles. The van der Waals surface area contributed by atoms with E-state index in [4.69, 9.17) is 0 Å². The van der Waals surface area contributed by atoms with Crippen molar-refractivity contribution in [3.63, 3.8) is 0 Å². The Balaban J connectivity index is 1.85. The smallest absolute Gasteiger partial charge is 0.232 e. The Labute approximate surface area is 120 Å². The lowest BCUT2D eigenvalue weighted by Crippen LogP contribution is -2.34. The maximum Gasteiger partial charge on any atom is 0.232 e. The molecule has 0 atom stereocenters. The van der Waals surface area contributed by atoms with Crippen molar-refractivity contribution >= 4 is 17.7 Å². The van der Waals surface area contributed by atoms with Crippen molar-refractivity contribution in [3.8, 4) is 0 Å². The minimum Gasteiger partial charge on any atom is -0.342 e. The van der Waals surface area contributed by atoms with Crippen LogP contribution in [0.25, 0.3) is 0 Å². The SMILES string of the molecule is CCCN(CC1CC1)C(=O)CSc1ccccc1C. The fraction of sp³-hybridized carbons (Fsp3) is 0.562. The summed E-state index contributed by atoms with van der Waals surface area (Å²) in [5.41, 5.74) is 1.25. The highest BCUT2D eigenvalue weighted by atomic mass is 32.2. The first kappa shape index (κ1) is 14.4. The predicted molar refractivity (Wildman–Crippen MR) is 81.5 cm³/mol. The van der Waals surface area contributed by atoms with Crippen LogP contribution in [0.1, 0.15) is 31.7 Å². The van der Waals surface area contributed by atoms with Gasteiger partial charge in [0.2, 0.25) is 5.91 Å². The molecule has 2 rings (SSSR count). The molecule has 1 aromatic carbocycles. The minimum absolute atomic E-state index is 0.294. The van der Waals surface area contributed by atoms with Crippen molar-refractivity contribution in [2.75, 3.05) is 18.8 Å². The van der Waals surface area contributed by atoms with Gasteiger partial charge >= 0.3 is 0 Å². The molecule has 0 aromatic heterocycles. The number of amides is 1. The number of rotatable bonds is 7. The van der Waals surface area contributed by atoms with Gasteiger partial charge in [-0.1, -0.05) is 25.1 Å². The minimum atomic E-state index is 0.294. The summed E-state index contributed by atoms with van der Waals surface area (Å²) in [5, 5.41) is 0. The summed E-state index contributed by atoms with van der Waals surface area (Å²) in [6.07, 6.45) is 3.66. The Morgan fingerprint density at radius 2 is 2.11 bits per heavy atom. The molecule has 0 aliphatic heterocycles. The topological polar surface area (TPSA) is 20.3 Å². The van der Waals surface area contributed by atoms with Gasteiger partial charge in [0, 0.05) is 18.0 Å². The summed E-state index contributed by atoms with van der Waals surface area (Å²) >= 11 is 1.67. The molecule has 3 heteroatoms. The maximum atomic E-state index is 12.3. The van der Waals surface area contributed by atoms with E-state index in [2.05, 4.69) is 30.9 Å². The second-order valence-electron chi connectivity index (χ2n) is 5.34. The van der Waals surface area contributed by atoms with Crippen molar-refractivity contribution in [1.29, 1.82) is 0 Å². The molecule has 2 nitrogen and oxygen atoms in total. The van der Waals surface area contributed by atoms with Gasteiger partial charge in [-0.3, -0.25) is 4.79 Å². The summed E-state index contributed by atoms with van der Waals surface area (Å²) in [4.78, 5) is 15.6. The van der Waals surface area contributed by atoms with E-state index in [0.717, 1.165) is 25.4 Å². The monoisotopic (exact) mass is 277 g/mol. The van der Waals surface area contributed by atoms with Gasteiger partial charge in [-0.2, -0.15) is 0 Å². The number of carbonyl (C=O) groups excluding carboxylic acids is 1. The first-order valence-electron chi connectivity index (χ1n) is 7.17. The van der Waals surface area contributed by atoms with Crippen LogP contribution in [-0.4, -0.2) is 29.6 Å². The Morgan fingerprint density at radius 1 is 1.37 bits per heavy atom. The zero-order valence-corrected chi connectivity index (χ0v) is 12.7. The average molecular weight is 277 g/mol. The predicted octanol–water partition coefficient (Wildman–Crippen LogP) is 3.74. The molecular weight excluding hydrogens is 254 g/mol. The highest BCUT2D eigenvalue weighted by Crippen LogP contribution is 2.30. The van der Waals surface area contributed by atoms with E-state index in [0.29, 0.717) is 11.7 Å². The molecule has 0 radical (unpaired) electrons. The molecule has 1 aromatic rings. The van der Waals surface area contributed by atoms with Gasteiger partial charge in [-0.25, -0.2) is 0 Å². The number of aryl methyl sites for hydroxylation is 1. The molecular formula is C16H23NOS. The summed E-state index contributed by atoms with van der Waals surface area (Å²) < 4.78 is 0. The molecule has 0 unspecified atom stereocenters. The van der Waals surface area contributed by atoms with Crippen molar-refractivity contribution in [1.82, 2.24) is 4.90 Å². The molecule has 1 fully saturated rings. The normalized spacial score (nSPS) is 14.4. The second kappa shape index (κ2) is 6.99. The second-order valence-corrected chi connectivity index (χ2v) is 6.35. The van der Waals surface area contributed by atoms with Crippen molar-refractivity contribution in [3.05, 3.63) is 29.8 Å². The van der Waals surface area contributed by atoms with Crippen molar-refractivity contribution in [2.24, 2.45) is 5.92 Å². The van der Waals surface area contributed by atoms with Crippen LogP contribution in [0.2, 0.25) is 0 Å². The van der Waals surface area contributed by atoms with Gasteiger partial charge in [-0.15, -0.1) is 11.8 Å². The fourth-order valence-corrected chi connectivity index (χ4v) is 3.08. The van der Waals surface area contributed by atoms with E-state index in [1.54, 1.807) is 11.8 Å². The zero-order valence-electron chi connectivity index (χ0n) is 11.9. The number of hydrogen-bond acceptors (Lipinski definition) is 2. The highest BCUT2D eigenvalue weighted by Gasteiger charge is 2.26. The average Bonchev–Trinajstić information content (AvgIpc) is 3.21. The van der Waals surface area contributed by atoms with Crippen LogP contribution in [-0.2, 0) is 4.79 Å². The third-order valence-electron chi connectivity index (χ3n) is 3.47. The summed E-state index contributed by atoms with van der Waals surface area (Å²) in [5.74, 6) is 1.64. The van der Waals surface area contributed by atoms with Crippen LogP contribution >= 0.6 is 11.8 Å². The molecule has 1 saturated carbocycles. The number of benzene rings is 1. The Kier molecular flexibility index (Phi) is 5.32. The van der Waals surface area contributed by atoms with Gasteiger partial charge in [0.05, 0.1) is 5.75 Å². The maximum absolute atomic E-state index is 12.3. The third kappa shape index (κ3) is 4.57. The largest absolute Gasteiger partial charge is 0.342 e. The summed E-state index contributed by atoms with van der Waals surface area (Å²) in [6, 6.07) is 8.27. The number of nitrogens with zero attached hydrogens (tertiary/aromatic N) is 1. The molecule has 1 aliphatic rings. The quantitative estimate of drug-likeness (QED) is 0.708. The fourth-order valence-electron chi connectivity index (χ4n) is 2.15. The Hall–Kier alpha value is -0.960. The van der Waals surface area contributed by atoms with E-state index < -0.39 is 0 Å². The molecule has 1 aliphatic carbocycles. The molecule has 0 spiro atoms. The molecule has 19 heavy (non-hydrogen) atoms. The van der Waals surface area contributed by atoms with Gasteiger partial charge in [-0.05, 0) is 43.7 Å². The first-order valence-corrected chi connectivity index (χ1v) is 8.15. The lowest BCUT2D eigenvalue weighted by atomic mass is 10.2. The summed E-state index contributed by atoms with van der Waals surface area (Å²) in [6.45, 7) is 6.12. The van der Waals surface area contributed by atoms with E-state index in [-0.39, 0.29) is 0 Å².